The predicted octanol–water partition coefficient (Wildman–Crippen LogP) is -2.07. The summed E-state index contributed by atoms with van der Waals surface area (Å²) in [5.41, 5.74) is -0.766. The summed E-state index contributed by atoms with van der Waals surface area (Å²) >= 11 is 0. The van der Waals surface area contributed by atoms with Crippen LogP contribution in [0.4, 0.5) is 12.9 Å². The minimum atomic E-state index is -5.07. The van der Waals surface area contributed by atoms with Crippen LogP contribution in [0.5, 0.6) is 0 Å². The molecule has 2 aromatic rings. The molecule has 1 aromatic heterocycles. The van der Waals surface area contributed by atoms with Gasteiger partial charge in [0.1, 0.15) is 0 Å². The SMILES string of the molecule is F[B-](F)(F)c1ccccc1-c1nn[nH]n1.[K+]. The van der Waals surface area contributed by atoms with E-state index in [-0.39, 0.29) is 62.8 Å². The number of aromatic nitrogens is 4. The van der Waals surface area contributed by atoms with Crippen LogP contribution in [0.3, 0.4) is 0 Å². The van der Waals surface area contributed by atoms with E-state index in [9.17, 15) is 12.9 Å². The average Bonchev–Trinajstić information content (AvgIpc) is 2.69. The first-order valence-corrected chi connectivity index (χ1v) is 4.12. The second-order valence-corrected chi connectivity index (χ2v) is 2.90. The van der Waals surface area contributed by atoms with Gasteiger partial charge in [0.25, 0.3) is 0 Å². The second-order valence-electron chi connectivity index (χ2n) is 2.90. The van der Waals surface area contributed by atoms with Gasteiger partial charge in [0.15, 0.2) is 0 Å². The van der Waals surface area contributed by atoms with Gasteiger partial charge in [-0.05, 0) is 10.8 Å². The monoisotopic (exact) mass is 252 g/mol. The van der Waals surface area contributed by atoms with Gasteiger partial charge in [0, 0.05) is 0 Å². The van der Waals surface area contributed by atoms with Gasteiger partial charge in [-0.1, -0.05) is 29.7 Å². The molecule has 0 aliphatic rings. The Morgan fingerprint density at radius 3 is 2.38 bits per heavy atom. The molecule has 0 atom stereocenters. The van der Waals surface area contributed by atoms with Gasteiger partial charge in [-0.2, -0.15) is 5.21 Å². The van der Waals surface area contributed by atoms with E-state index in [1.54, 1.807) is 0 Å². The molecule has 0 aliphatic heterocycles. The average molecular weight is 252 g/mol. The Labute approximate surface area is 131 Å². The third-order valence-corrected chi connectivity index (χ3v) is 1.90. The van der Waals surface area contributed by atoms with Crippen molar-refractivity contribution in [2.45, 2.75) is 0 Å². The van der Waals surface area contributed by atoms with E-state index in [1.807, 2.05) is 0 Å². The summed E-state index contributed by atoms with van der Waals surface area (Å²) in [6, 6.07) is 5.15. The molecule has 0 unspecified atom stereocenters. The van der Waals surface area contributed by atoms with Crippen molar-refractivity contribution in [3.63, 3.8) is 0 Å². The molecule has 1 aromatic carbocycles. The van der Waals surface area contributed by atoms with Gasteiger partial charge < -0.3 is 12.9 Å². The zero-order valence-electron chi connectivity index (χ0n) is 8.36. The van der Waals surface area contributed by atoms with Crippen LogP contribution in [-0.4, -0.2) is 27.6 Å². The predicted molar refractivity (Wildman–Crippen MR) is 48.3 cm³/mol. The van der Waals surface area contributed by atoms with E-state index in [1.165, 1.54) is 18.2 Å². The summed E-state index contributed by atoms with van der Waals surface area (Å²) in [5.74, 6) is -0.0511. The normalized spacial score (nSPS) is 10.9. The Bertz CT molecular complexity index is 459. The van der Waals surface area contributed by atoms with E-state index in [2.05, 4.69) is 20.6 Å². The van der Waals surface area contributed by atoms with Gasteiger partial charge in [0.2, 0.25) is 5.82 Å². The molecule has 0 radical (unpaired) electrons. The minimum absolute atomic E-state index is 0. The molecule has 0 amide bonds. The fraction of sp³-hybridized carbons (Fsp3) is 0. The number of nitrogens with one attached hydrogen (secondary N) is 1. The summed E-state index contributed by atoms with van der Waals surface area (Å²) in [5, 5.41) is 12.4. The van der Waals surface area contributed by atoms with Gasteiger partial charge in [-0.15, -0.1) is 10.2 Å². The molecule has 0 saturated heterocycles. The molecule has 1 heterocycles. The number of halogens is 3. The van der Waals surface area contributed by atoms with E-state index in [0.717, 1.165) is 6.07 Å². The minimum Gasteiger partial charge on any atom is -0.445 e. The van der Waals surface area contributed by atoms with E-state index in [4.69, 9.17) is 0 Å². The van der Waals surface area contributed by atoms with Crippen LogP contribution < -0.4 is 56.8 Å². The number of rotatable bonds is 2. The Hall–Kier alpha value is -0.219. The van der Waals surface area contributed by atoms with Crippen LogP contribution in [-0.2, 0) is 0 Å². The summed E-state index contributed by atoms with van der Waals surface area (Å²) in [6.45, 7) is -5.07. The van der Waals surface area contributed by atoms with Crippen molar-refractivity contribution in [1.29, 1.82) is 0 Å². The van der Waals surface area contributed by atoms with Gasteiger partial charge in [-0.25, -0.2) is 0 Å². The number of H-pyrrole nitrogens is 1. The molecule has 0 fully saturated rings. The van der Waals surface area contributed by atoms with Crippen LogP contribution in [0.2, 0.25) is 0 Å². The molecule has 0 bridgehead atoms. The van der Waals surface area contributed by atoms with Gasteiger partial charge in [0.05, 0.1) is 0 Å². The maximum atomic E-state index is 12.6. The molecule has 9 heteroatoms. The summed E-state index contributed by atoms with van der Waals surface area (Å²) in [7, 11) is 0. The van der Waals surface area contributed by atoms with Gasteiger partial charge in [-0.3, -0.25) is 0 Å². The van der Waals surface area contributed by atoms with E-state index >= 15 is 0 Å². The van der Waals surface area contributed by atoms with Gasteiger partial charge >= 0.3 is 58.4 Å². The molecule has 78 valence electrons. The number of nitrogens with zero attached hydrogens (tertiary/aromatic N) is 3. The zero-order chi connectivity index (χ0) is 10.9. The third-order valence-electron chi connectivity index (χ3n) is 1.90. The molecule has 2 rings (SSSR count). The van der Waals surface area contributed by atoms with Crippen molar-refractivity contribution in [1.82, 2.24) is 20.6 Å². The summed E-state index contributed by atoms with van der Waals surface area (Å²) in [6.07, 6.45) is 0. The largest absolute Gasteiger partial charge is 1.00 e. The Kier molecular flexibility index (Phi) is 4.68. The first-order valence-electron chi connectivity index (χ1n) is 4.12. The van der Waals surface area contributed by atoms with Crippen molar-refractivity contribution in [3.05, 3.63) is 24.3 Å². The number of aromatic amines is 1. The molecule has 16 heavy (non-hydrogen) atoms. The molecule has 4 nitrogen and oxygen atoms in total. The molecular formula is C7H5BF3KN4. The van der Waals surface area contributed by atoms with E-state index < -0.39 is 12.4 Å². The summed E-state index contributed by atoms with van der Waals surface area (Å²) < 4.78 is 37.8. The van der Waals surface area contributed by atoms with Crippen LogP contribution in [0, 0.1) is 0 Å². The first kappa shape index (κ1) is 13.8. The topological polar surface area (TPSA) is 54.5 Å². The third kappa shape index (κ3) is 2.92. The maximum absolute atomic E-state index is 12.6. The van der Waals surface area contributed by atoms with Crippen LogP contribution >= 0.6 is 0 Å². The number of benzene rings is 1. The first-order chi connectivity index (χ1) is 7.09. The number of tetrazole rings is 1. The van der Waals surface area contributed by atoms with Crippen molar-refractivity contribution in [3.8, 4) is 11.4 Å². The van der Waals surface area contributed by atoms with Crippen molar-refractivity contribution >= 4 is 12.4 Å². The van der Waals surface area contributed by atoms with Crippen LogP contribution in [0.15, 0.2) is 24.3 Å². The van der Waals surface area contributed by atoms with E-state index in [0.29, 0.717) is 0 Å². The van der Waals surface area contributed by atoms with Crippen LogP contribution in [0.1, 0.15) is 0 Å². The Morgan fingerprint density at radius 1 is 1.12 bits per heavy atom. The number of hydrogen-bond acceptors (Lipinski definition) is 3. The smallest absolute Gasteiger partial charge is 0.445 e. The molecule has 0 aliphatic carbocycles. The van der Waals surface area contributed by atoms with Crippen molar-refractivity contribution in [2.24, 2.45) is 0 Å². The fourth-order valence-electron chi connectivity index (χ4n) is 1.26. The van der Waals surface area contributed by atoms with Crippen molar-refractivity contribution < 1.29 is 64.3 Å². The molecule has 1 N–H and O–H groups in total. The quantitative estimate of drug-likeness (QED) is 0.624. The standard InChI is InChI=1S/C7H5BF3N4.K/c9-8(10,11)6-4-2-1-3-5(6)7-12-14-15-13-7;/h1-4H,(H,12,13,14,15);/q-1;+1. The molecule has 0 saturated carbocycles. The molecule has 0 spiro atoms. The van der Waals surface area contributed by atoms with Crippen LogP contribution in [0.25, 0.3) is 11.4 Å². The molecular weight excluding hydrogens is 247 g/mol. The zero-order valence-corrected chi connectivity index (χ0v) is 11.5. The maximum Gasteiger partial charge on any atom is 1.00 e. The number of hydrogen-bond donors (Lipinski definition) is 1. The second kappa shape index (κ2) is 5.41. The summed E-state index contributed by atoms with van der Waals surface area (Å²) in [4.78, 5) is 0. The Balaban J connectivity index is 0.00000128. The van der Waals surface area contributed by atoms with Crippen molar-refractivity contribution in [2.75, 3.05) is 0 Å². The Morgan fingerprint density at radius 2 is 1.81 bits per heavy atom. The fourth-order valence-corrected chi connectivity index (χ4v) is 1.26.